The summed E-state index contributed by atoms with van der Waals surface area (Å²) in [6, 6.07) is 0. The van der Waals surface area contributed by atoms with Gasteiger partial charge in [0.25, 0.3) is 0 Å². The van der Waals surface area contributed by atoms with Gasteiger partial charge in [0, 0.05) is 7.05 Å². The Morgan fingerprint density at radius 3 is 2.50 bits per heavy atom. The summed E-state index contributed by atoms with van der Waals surface area (Å²) >= 11 is 0. The first-order valence-electron chi connectivity index (χ1n) is 5.30. The minimum Gasteiger partial charge on any atom is -0.444 e. The minimum atomic E-state index is -0.756. The number of nitro groups is 1. The molecule has 8 nitrogen and oxygen atoms in total. The summed E-state index contributed by atoms with van der Waals surface area (Å²) < 4.78 is 6.26. The van der Waals surface area contributed by atoms with Gasteiger partial charge in [-0.15, -0.1) is 0 Å². The molecular weight excluding hydrogens is 240 g/mol. The number of aromatic nitrogens is 2. The van der Waals surface area contributed by atoms with Crippen molar-refractivity contribution in [2.24, 2.45) is 7.05 Å². The standard InChI is InChI=1S/C10H16N4O4/c1-6-7(14(16)17)8(13(5)12-6)11-9(15)18-10(2,3)4/h1-5H3,(H,11,15). The summed E-state index contributed by atoms with van der Waals surface area (Å²) in [5.41, 5.74) is -0.677. The monoisotopic (exact) mass is 256 g/mol. The lowest BCUT2D eigenvalue weighted by Crippen LogP contribution is -2.28. The summed E-state index contributed by atoms with van der Waals surface area (Å²) in [5.74, 6) is 0.00625. The van der Waals surface area contributed by atoms with Crippen molar-refractivity contribution >= 4 is 17.6 Å². The van der Waals surface area contributed by atoms with Gasteiger partial charge in [-0.3, -0.25) is 15.4 Å². The molecule has 0 bridgehead atoms. The molecule has 0 aliphatic rings. The number of hydrogen-bond acceptors (Lipinski definition) is 5. The number of anilines is 1. The lowest BCUT2D eigenvalue weighted by atomic mass is 10.2. The molecule has 0 fully saturated rings. The fourth-order valence-electron chi connectivity index (χ4n) is 1.41. The zero-order valence-corrected chi connectivity index (χ0v) is 11.0. The van der Waals surface area contributed by atoms with Crippen LogP contribution >= 0.6 is 0 Å². The van der Waals surface area contributed by atoms with E-state index in [1.165, 1.54) is 18.7 Å². The van der Waals surface area contributed by atoms with Gasteiger partial charge in [0.15, 0.2) is 0 Å². The third-order valence-electron chi connectivity index (χ3n) is 1.99. The SMILES string of the molecule is Cc1nn(C)c(NC(=O)OC(C)(C)C)c1[N+](=O)[O-]. The van der Waals surface area contributed by atoms with E-state index >= 15 is 0 Å². The number of aryl methyl sites for hydroxylation is 2. The maximum Gasteiger partial charge on any atom is 0.413 e. The van der Waals surface area contributed by atoms with E-state index in [1.807, 2.05) is 0 Å². The molecule has 0 radical (unpaired) electrons. The summed E-state index contributed by atoms with van der Waals surface area (Å²) in [5, 5.41) is 17.1. The Morgan fingerprint density at radius 2 is 2.06 bits per heavy atom. The van der Waals surface area contributed by atoms with E-state index in [9.17, 15) is 14.9 Å². The highest BCUT2D eigenvalue weighted by molar-refractivity contribution is 5.87. The molecule has 0 aromatic carbocycles. The van der Waals surface area contributed by atoms with E-state index in [1.54, 1.807) is 20.8 Å². The van der Waals surface area contributed by atoms with Crippen molar-refractivity contribution in [3.63, 3.8) is 0 Å². The van der Waals surface area contributed by atoms with Crippen molar-refractivity contribution in [2.45, 2.75) is 33.3 Å². The number of amides is 1. The average molecular weight is 256 g/mol. The minimum absolute atomic E-state index is 0.00625. The summed E-state index contributed by atoms with van der Waals surface area (Å²) in [7, 11) is 1.51. The molecule has 18 heavy (non-hydrogen) atoms. The van der Waals surface area contributed by atoms with Gasteiger partial charge in [0.2, 0.25) is 5.82 Å². The fraction of sp³-hybridized carbons (Fsp3) is 0.600. The highest BCUT2D eigenvalue weighted by atomic mass is 16.6. The number of hydrogen-bond donors (Lipinski definition) is 1. The molecule has 0 unspecified atom stereocenters. The number of carbonyl (C=O) groups is 1. The van der Waals surface area contributed by atoms with E-state index in [0.29, 0.717) is 0 Å². The van der Waals surface area contributed by atoms with E-state index in [-0.39, 0.29) is 17.2 Å². The first kappa shape index (κ1) is 13.9. The van der Waals surface area contributed by atoms with Crippen molar-refractivity contribution in [3.8, 4) is 0 Å². The Balaban J connectivity index is 2.98. The van der Waals surface area contributed by atoms with Gasteiger partial charge in [-0.2, -0.15) is 5.10 Å². The van der Waals surface area contributed by atoms with E-state index < -0.39 is 16.6 Å². The van der Waals surface area contributed by atoms with Crippen molar-refractivity contribution in [1.82, 2.24) is 9.78 Å². The van der Waals surface area contributed by atoms with Crippen LogP contribution in [0.1, 0.15) is 26.5 Å². The van der Waals surface area contributed by atoms with Gasteiger partial charge < -0.3 is 4.74 Å². The number of rotatable bonds is 2. The van der Waals surface area contributed by atoms with Gasteiger partial charge in [-0.05, 0) is 27.7 Å². The molecule has 0 aliphatic heterocycles. The van der Waals surface area contributed by atoms with Gasteiger partial charge in [0.1, 0.15) is 11.3 Å². The molecule has 0 spiro atoms. The first-order chi connectivity index (χ1) is 8.11. The topological polar surface area (TPSA) is 99.3 Å². The third kappa shape index (κ3) is 3.19. The van der Waals surface area contributed by atoms with E-state index in [4.69, 9.17) is 4.74 Å². The molecule has 8 heteroatoms. The van der Waals surface area contributed by atoms with Crippen molar-refractivity contribution in [3.05, 3.63) is 15.8 Å². The molecule has 0 aliphatic carbocycles. The zero-order valence-electron chi connectivity index (χ0n) is 11.0. The Hall–Kier alpha value is -2.12. The lowest BCUT2D eigenvalue weighted by molar-refractivity contribution is -0.384. The largest absolute Gasteiger partial charge is 0.444 e. The normalized spacial score (nSPS) is 11.2. The molecule has 0 saturated carbocycles. The van der Waals surface area contributed by atoms with Crippen LogP contribution in [0.15, 0.2) is 0 Å². The molecule has 1 aromatic heterocycles. The summed E-state index contributed by atoms with van der Waals surface area (Å²) in [6.45, 7) is 6.61. The van der Waals surface area contributed by atoms with Crippen LogP contribution in [0.5, 0.6) is 0 Å². The van der Waals surface area contributed by atoms with Crippen LogP contribution in [-0.2, 0) is 11.8 Å². The molecule has 1 rings (SSSR count). The Morgan fingerprint density at radius 1 is 1.50 bits per heavy atom. The highest BCUT2D eigenvalue weighted by Crippen LogP contribution is 2.27. The highest BCUT2D eigenvalue weighted by Gasteiger charge is 2.27. The molecular formula is C10H16N4O4. The molecule has 1 amide bonds. The molecule has 0 saturated heterocycles. The number of nitrogens with zero attached hydrogens (tertiary/aromatic N) is 3. The summed E-state index contributed by atoms with van der Waals surface area (Å²) in [4.78, 5) is 21.9. The Bertz CT molecular complexity index is 487. The van der Waals surface area contributed by atoms with E-state index in [2.05, 4.69) is 10.4 Å². The molecule has 1 N–H and O–H groups in total. The van der Waals surface area contributed by atoms with Crippen molar-refractivity contribution < 1.29 is 14.5 Å². The second-order valence-corrected chi connectivity index (χ2v) is 4.79. The van der Waals surface area contributed by atoms with Crippen LogP contribution in [-0.4, -0.2) is 26.4 Å². The Labute approximate surface area is 104 Å². The van der Waals surface area contributed by atoms with Gasteiger partial charge >= 0.3 is 11.8 Å². The van der Waals surface area contributed by atoms with Gasteiger partial charge in [0.05, 0.1) is 4.92 Å². The average Bonchev–Trinajstić information content (AvgIpc) is 2.37. The smallest absolute Gasteiger partial charge is 0.413 e. The second-order valence-electron chi connectivity index (χ2n) is 4.79. The fourth-order valence-corrected chi connectivity index (χ4v) is 1.41. The summed E-state index contributed by atoms with van der Waals surface area (Å²) in [6.07, 6.45) is -0.756. The Kier molecular flexibility index (Phi) is 3.59. The quantitative estimate of drug-likeness (QED) is 0.644. The van der Waals surface area contributed by atoms with Crippen LogP contribution in [0, 0.1) is 17.0 Å². The van der Waals surface area contributed by atoms with E-state index in [0.717, 1.165) is 0 Å². The second kappa shape index (κ2) is 4.63. The number of carbonyl (C=O) groups excluding carboxylic acids is 1. The maximum atomic E-state index is 11.6. The number of nitrogens with one attached hydrogen (secondary N) is 1. The van der Waals surface area contributed by atoms with Crippen LogP contribution in [0.3, 0.4) is 0 Å². The predicted octanol–water partition coefficient (Wildman–Crippen LogP) is 1.98. The van der Waals surface area contributed by atoms with Crippen LogP contribution in [0.25, 0.3) is 0 Å². The van der Waals surface area contributed by atoms with Gasteiger partial charge in [-0.25, -0.2) is 9.48 Å². The molecule has 1 aromatic rings. The third-order valence-corrected chi connectivity index (χ3v) is 1.99. The van der Waals surface area contributed by atoms with Crippen molar-refractivity contribution in [2.75, 3.05) is 5.32 Å². The number of ether oxygens (including phenoxy) is 1. The molecule has 1 heterocycles. The molecule has 100 valence electrons. The molecule has 0 atom stereocenters. The zero-order chi connectivity index (χ0) is 14.1. The van der Waals surface area contributed by atoms with Crippen molar-refractivity contribution in [1.29, 1.82) is 0 Å². The van der Waals surface area contributed by atoms with Crippen LogP contribution < -0.4 is 5.32 Å². The van der Waals surface area contributed by atoms with Gasteiger partial charge in [-0.1, -0.05) is 0 Å². The van der Waals surface area contributed by atoms with Crippen LogP contribution in [0.4, 0.5) is 16.3 Å². The maximum absolute atomic E-state index is 11.6. The lowest BCUT2D eigenvalue weighted by Gasteiger charge is -2.19. The predicted molar refractivity (Wildman–Crippen MR) is 64.5 cm³/mol. The van der Waals surface area contributed by atoms with Crippen LogP contribution in [0.2, 0.25) is 0 Å². The first-order valence-corrected chi connectivity index (χ1v) is 5.30.